The van der Waals surface area contributed by atoms with Gasteiger partial charge in [-0.05, 0) is 44.0 Å². The molecule has 169 valence electrons. The predicted octanol–water partition coefficient (Wildman–Crippen LogP) is 3.31. The van der Waals surface area contributed by atoms with Gasteiger partial charge in [0, 0.05) is 56.9 Å². The van der Waals surface area contributed by atoms with Crippen LogP contribution in [0, 0.1) is 6.92 Å². The Morgan fingerprint density at radius 1 is 0.853 bits per heavy atom. The van der Waals surface area contributed by atoms with Crippen LogP contribution in [0.25, 0.3) is 0 Å². The first-order valence-electron chi connectivity index (χ1n) is 10.8. The molecule has 5 rings (SSSR count). The average Bonchev–Trinajstić information content (AvgIpc) is 3.41. The quantitative estimate of drug-likeness (QED) is 0.440. The molecule has 3 aromatic rings. The van der Waals surface area contributed by atoms with Gasteiger partial charge in [-0.3, -0.25) is 29.4 Å². The van der Waals surface area contributed by atoms with Gasteiger partial charge >= 0.3 is 0 Å². The number of hydrogen-bond donors (Lipinski definition) is 1. The number of nitrogens with one attached hydrogen (secondary N) is 1. The second kappa shape index (κ2) is 11.3. The molecule has 1 radical (unpaired) electrons. The normalized spacial score (nSPS) is 13.6. The van der Waals surface area contributed by atoms with Crippen molar-refractivity contribution < 1.29 is 23.7 Å². The molecule has 0 atom stereocenters. The molecule has 0 unspecified atom stereocenters. The molecule has 0 saturated heterocycles. The molecule has 0 fully saturated rings. The van der Waals surface area contributed by atoms with Gasteiger partial charge in [0.25, 0.3) is 23.6 Å². The number of unbranched alkanes of at least 4 members (excludes halogenated alkanes) is 1. The van der Waals surface area contributed by atoms with E-state index in [0.29, 0.717) is 28.0 Å². The van der Waals surface area contributed by atoms with Crippen LogP contribution in [0.4, 0.5) is 0 Å². The maximum atomic E-state index is 12.4. The molecule has 9 heteroatoms. The number of fused-ring (bicyclic) bond motifs is 2. The van der Waals surface area contributed by atoms with Crippen molar-refractivity contribution in [2.75, 3.05) is 0 Å². The number of aryl methyl sites for hydroxylation is 2. The van der Waals surface area contributed by atoms with Gasteiger partial charge in [0.15, 0.2) is 0 Å². The van der Waals surface area contributed by atoms with Crippen molar-refractivity contribution >= 4 is 75.0 Å². The van der Waals surface area contributed by atoms with Crippen LogP contribution in [0.1, 0.15) is 78.2 Å². The molecule has 3 heterocycles. The predicted molar refractivity (Wildman–Crippen MR) is 124 cm³/mol. The van der Waals surface area contributed by atoms with Crippen LogP contribution in [0.5, 0.6) is 0 Å². The fourth-order valence-corrected chi connectivity index (χ4v) is 3.84. The van der Waals surface area contributed by atoms with E-state index in [-0.39, 0.29) is 81.6 Å². The molecule has 34 heavy (non-hydrogen) atoms. The van der Waals surface area contributed by atoms with E-state index in [0.717, 1.165) is 30.5 Å². The van der Waals surface area contributed by atoms with Crippen LogP contribution in [-0.2, 0) is 13.0 Å². The SMILES string of the molecule is CCCCc1noc(C)c1CN1C(=O)c2ccccc2C1=O.O=C1NC(=O)c2ccccc21.[K]. The summed E-state index contributed by atoms with van der Waals surface area (Å²) in [4.78, 5) is 48.0. The molecule has 4 amide bonds. The molecule has 2 aliphatic rings. The smallest absolute Gasteiger partial charge is 0.261 e. The minimum Gasteiger partial charge on any atom is -0.361 e. The van der Waals surface area contributed by atoms with Crippen LogP contribution in [0.15, 0.2) is 53.1 Å². The first-order chi connectivity index (χ1) is 15.9. The summed E-state index contributed by atoms with van der Waals surface area (Å²) in [5.74, 6) is -0.427. The summed E-state index contributed by atoms with van der Waals surface area (Å²) in [5.41, 5.74) is 3.57. The zero-order chi connectivity index (χ0) is 23.5. The fraction of sp³-hybridized carbons (Fsp3) is 0.240. The maximum absolute atomic E-state index is 12.4. The van der Waals surface area contributed by atoms with Crippen molar-refractivity contribution in [3.63, 3.8) is 0 Å². The van der Waals surface area contributed by atoms with E-state index in [1.54, 1.807) is 48.5 Å². The summed E-state index contributed by atoms with van der Waals surface area (Å²) >= 11 is 0. The number of imide groups is 2. The molecular weight excluding hydrogens is 461 g/mol. The number of aromatic nitrogens is 1. The van der Waals surface area contributed by atoms with Crippen LogP contribution >= 0.6 is 0 Å². The summed E-state index contributed by atoms with van der Waals surface area (Å²) in [6.45, 7) is 4.15. The number of carbonyl (C=O) groups is 4. The second-order valence-corrected chi connectivity index (χ2v) is 7.84. The number of hydrogen-bond acceptors (Lipinski definition) is 6. The van der Waals surface area contributed by atoms with Crippen LogP contribution in [0.3, 0.4) is 0 Å². The van der Waals surface area contributed by atoms with Gasteiger partial charge in [0.2, 0.25) is 0 Å². The fourth-order valence-electron chi connectivity index (χ4n) is 3.84. The molecule has 0 aliphatic carbocycles. The number of amides is 4. The minimum atomic E-state index is -0.300. The topological polar surface area (TPSA) is 110 Å². The van der Waals surface area contributed by atoms with Crippen molar-refractivity contribution in [3.8, 4) is 0 Å². The van der Waals surface area contributed by atoms with E-state index >= 15 is 0 Å². The second-order valence-electron chi connectivity index (χ2n) is 7.84. The number of benzene rings is 2. The third-order valence-corrected chi connectivity index (χ3v) is 5.67. The summed E-state index contributed by atoms with van der Waals surface area (Å²) in [7, 11) is 0. The molecule has 8 nitrogen and oxygen atoms in total. The van der Waals surface area contributed by atoms with Crippen LogP contribution in [0.2, 0.25) is 0 Å². The first-order valence-corrected chi connectivity index (χ1v) is 10.8. The summed E-state index contributed by atoms with van der Waals surface area (Å²) < 4.78 is 5.25. The largest absolute Gasteiger partial charge is 0.361 e. The Morgan fingerprint density at radius 3 is 1.85 bits per heavy atom. The van der Waals surface area contributed by atoms with Gasteiger partial charge < -0.3 is 4.52 Å². The standard InChI is InChI=1S/C17H18N2O3.C8H5NO2.K/c1-3-4-9-15-14(11(2)22-18-15)10-19-16(20)12-7-5-6-8-13(12)17(19)21;10-7-5-3-1-2-4-6(5)8(11)9-7;/h5-8H,3-4,9-10H2,1-2H3;1-4H,(H,9,10,11);. The van der Waals surface area contributed by atoms with Gasteiger partial charge in [-0.2, -0.15) is 0 Å². The molecule has 2 aliphatic heterocycles. The summed E-state index contributed by atoms with van der Waals surface area (Å²) in [6.07, 6.45) is 2.85. The van der Waals surface area contributed by atoms with Crippen molar-refractivity contribution in [3.05, 3.63) is 87.8 Å². The molecule has 2 aromatic carbocycles. The van der Waals surface area contributed by atoms with Gasteiger partial charge in [-0.1, -0.05) is 42.8 Å². The third-order valence-electron chi connectivity index (χ3n) is 5.67. The van der Waals surface area contributed by atoms with E-state index in [2.05, 4.69) is 17.4 Å². The zero-order valence-electron chi connectivity index (χ0n) is 19.4. The van der Waals surface area contributed by atoms with Gasteiger partial charge in [-0.25, -0.2) is 0 Å². The Bertz CT molecular complexity index is 1200. The molecule has 0 spiro atoms. The molecular formula is C25H23KN3O5. The van der Waals surface area contributed by atoms with Crippen molar-refractivity contribution in [1.82, 2.24) is 15.4 Å². The number of nitrogens with zero attached hydrogens (tertiary/aromatic N) is 2. The summed E-state index contributed by atoms with van der Waals surface area (Å²) in [6, 6.07) is 13.6. The first kappa shape index (κ1) is 26.2. The van der Waals surface area contributed by atoms with Gasteiger partial charge in [0.05, 0.1) is 34.5 Å². The Hall–Kier alpha value is -2.43. The molecule has 1 aromatic heterocycles. The van der Waals surface area contributed by atoms with Crippen molar-refractivity contribution in [2.24, 2.45) is 0 Å². The van der Waals surface area contributed by atoms with Crippen LogP contribution < -0.4 is 5.32 Å². The Kier molecular flexibility index (Phi) is 8.72. The Morgan fingerprint density at radius 2 is 1.35 bits per heavy atom. The van der Waals surface area contributed by atoms with E-state index in [1.165, 1.54) is 4.90 Å². The number of carbonyl (C=O) groups excluding carboxylic acids is 4. The molecule has 0 saturated carbocycles. The average molecular weight is 485 g/mol. The molecule has 0 bridgehead atoms. The monoisotopic (exact) mass is 484 g/mol. The summed E-state index contributed by atoms with van der Waals surface area (Å²) in [5, 5.41) is 6.27. The minimum absolute atomic E-state index is 0. The van der Waals surface area contributed by atoms with E-state index < -0.39 is 0 Å². The Labute approximate surface area is 239 Å². The van der Waals surface area contributed by atoms with Crippen molar-refractivity contribution in [2.45, 2.75) is 39.7 Å². The number of rotatable bonds is 5. The van der Waals surface area contributed by atoms with E-state index in [9.17, 15) is 19.2 Å². The van der Waals surface area contributed by atoms with E-state index in [4.69, 9.17) is 4.52 Å². The Balaban J connectivity index is 0.000000227. The third kappa shape index (κ3) is 5.13. The van der Waals surface area contributed by atoms with Crippen LogP contribution in [-0.4, -0.2) is 85.1 Å². The van der Waals surface area contributed by atoms with Gasteiger partial charge in [0.1, 0.15) is 5.76 Å². The molecule has 1 N–H and O–H groups in total. The van der Waals surface area contributed by atoms with Crippen molar-refractivity contribution in [1.29, 1.82) is 0 Å². The zero-order valence-corrected chi connectivity index (χ0v) is 22.5. The maximum Gasteiger partial charge on any atom is 0.261 e. The van der Waals surface area contributed by atoms with E-state index in [1.807, 2.05) is 6.92 Å². The van der Waals surface area contributed by atoms with Gasteiger partial charge in [-0.15, -0.1) is 0 Å².